The maximum absolute atomic E-state index is 13.1. The molecule has 0 spiro atoms. The number of ketones is 1. The molecule has 22 saturated carbocycles. The van der Waals surface area contributed by atoms with Crippen LogP contribution in [0.2, 0.25) is 0 Å². The van der Waals surface area contributed by atoms with Crippen LogP contribution in [0.5, 0.6) is 0 Å². The van der Waals surface area contributed by atoms with Gasteiger partial charge in [0.05, 0.1) is 85.8 Å². The summed E-state index contributed by atoms with van der Waals surface area (Å²) in [5.74, 6) is 6.89. The first-order valence-electron chi connectivity index (χ1n) is 54.4. The number of Topliss-reactive ketones (excluding diaryl/α,β-unsaturated/α-hetero) is 1. The van der Waals surface area contributed by atoms with Crippen LogP contribution in [0.25, 0.3) is 0 Å². The van der Waals surface area contributed by atoms with E-state index in [9.17, 15) is 47.9 Å². The average Bonchev–Trinajstić information content (AvgIpc) is 1.27. The minimum absolute atomic E-state index is 0.00771. The molecular formula is C119H180O19. The van der Waals surface area contributed by atoms with Gasteiger partial charge in [0.25, 0.3) is 0 Å². The Kier molecular flexibility index (Phi) is 31.1. The highest BCUT2D eigenvalue weighted by atomic mass is 16.6. The number of hydrogen-bond acceptors (Lipinski definition) is 19. The first-order valence-corrected chi connectivity index (χ1v) is 54.4. The van der Waals surface area contributed by atoms with E-state index < -0.39 is 23.5 Å². The van der Waals surface area contributed by atoms with Crippen LogP contribution in [0.15, 0.2) is 60.7 Å². The van der Waals surface area contributed by atoms with E-state index in [-0.39, 0.29) is 141 Å². The summed E-state index contributed by atoms with van der Waals surface area (Å²) in [6, 6.07) is 21.9. The zero-order valence-corrected chi connectivity index (χ0v) is 89.8. The van der Waals surface area contributed by atoms with Gasteiger partial charge in [0.1, 0.15) is 5.78 Å². The Morgan fingerprint density at radius 3 is 0.928 bits per heavy atom. The summed E-state index contributed by atoms with van der Waals surface area (Å²) in [6.07, 6.45) is 36.2. The molecule has 19 heteroatoms. The van der Waals surface area contributed by atoms with Gasteiger partial charge in [-0.2, -0.15) is 0 Å². The monoisotopic (exact) mass is 1910 g/mol. The summed E-state index contributed by atoms with van der Waals surface area (Å²) in [5, 5.41) is 0. The van der Waals surface area contributed by atoms with Crippen molar-refractivity contribution >= 4 is 59.5 Å². The van der Waals surface area contributed by atoms with Gasteiger partial charge in [0.15, 0.2) is 5.92 Å². The van der Waals surface area contributed by atoms with Gasteiger partial charge in [-0.1, -0.05) is 227 Å². The van der Waals surface area contributed by atoms with Crippen LogP contribution in [0, 0.1) is 165 Å². The third-order valence-electron chi connectivity index (χ3n) is 34.9. The molecule has 19 nitrogen and oxygen atoms in total. The average molecular weight is 1910 g/mol. The van der Waals surface area contributed by atoms with Crippen LogP contribution < -0.4 is 0 Å². The fraction of sp³-hybridized carbons (Fsp3) is 0.815. The van der Waals surface area contributed by atoms with Crippen molar-refractivity contribution in [2.45, 2.75) is 394 Å². The van der Waals surface area contributed by atoms with E-state index >= 15 is 0 Å². The first kappa shape index (κ1) is 107. The number of fused-ring (bicyclic) bond motifs is 1. The summed E-state index contributed by atoms with van der Waals surface area (Å²) in [6.45, 7) is 53.8. The van der Waals surface area contributed by atoms with Crippen molar-refractivity contribution in [2.24, 2.45) is 165 Å². The number of hydrogen-bond donors (Lipinski definition) is 0. The van der Waals surface area contributed by atoms with Crippen LogP contribution in [0.4, 0.5) is 0 Å². The molecule has 770 valence electrons. The van der Waals surface area contributed by atoms with Crippen LogP contribution in [-0.2, 0) is 101 Å². The van der Waals surface area contributed by atoms with Crippen molar-refractivity contribution < 1.29 is 90.6 Å². The molecule has 2 heterocycles. The summed E-state index contributed by atoms with van der Waals surface area (Å²) in [4.78, 5) is 122. The maximum atomic E-state index is 13.1. The number of cyclic esters (lactones) is 1. The fourth-order valence-corrected chi connectivity index (χ4v) is 31.6. The predicted molar refractivity (Wildman–Crippen MR) is 534 cm³/mol. The van der Waals surface area contributed by atoms with Crippen molar-refractivity contribution in [3.8, 4) is 0 Å². The van der Waals surface area contributed by atoms with Crippen molar-refractivity contribution in [2.75, 3.05) is 52.9 Å². The van der Waals surface area contributed by atoms with Gasteiger partial charge in [0.2, 0.25) is 5.60 Å². The topological polar surface area (TPSA) is 254 Å². The number of rotatable bonds is 16. The molecule has 22 bridgehead atoms. The molecule has 2 saturated heterocycles. The normalized spacial score (nSPS) is 37.8. The lowest BCUT2D eigenvalue weighted by atomic mass is 9.43. The number of esters is 9. The van der Waals surface area contributed by atoms with E-state index in [1.165, 1.54) is 88.2 Å². The Balaban J connectivity index is 0.000000129. The van der Waals surface area contributed by atoms with E-state index in [1.807, 2.05) is 55.4 Å². The van der Waals surface area contributed by atoms with Gasteiger partial charge in [-0.3, -0.25) is 43.2 Å². The highest BCUT2D eigenvalue weighted by Crippen LogP contribution is 2.71. The maximum Gasteiger partial charge on any atom is 0.350 e. The highest BCUT2D eigenvalue weighted by molar-refractivity contribution is 5.96. The minimum atomic E-state index is -0.935. The first-order chi connectivity index (χ1) is 64.2. The highest BCUT2D eigenvalue weighted by Gasteiger charge is 2.71. The predicted octanol–water partition coefficient (Wildman–Crippen LogP) is 25.3. The number of carbonyl (C=O) groups excluding carboxylic acids is 10. The molecule has 0 amide bonds. The molecule has 0 radical (unpaired) electrons. The summed E-state index contributed by atoms with van der Waals surface area (Å²) in [7, 11) is 0. The SMILES string of the molecule is CC.CC(C)(C)COC(=O)C12CC3CC(C(=O)O1)C2C3.CC(C)(C)COC(=O)C12CC3CC(C1)C(=O)C(C3)C2.CC(C)(C)COC(=O)C12CC3CC(C1)CC(c1ccccc1)(C3)C2.CC(C)(C)COC(=O)C12CC3CC(C1)CC(c1ccccc1)(C3)C2.CC(C)(C)COC(=O)C12CC3CC(CC(C)(C3)C1)C2.CC(C)(C)COC(=O)C12CC3CC(CC(C3)C1)C2.CC(C)(C)COC(=O)C1CCOC1=O. The molecular weight excluding hydrogens is 1730 g/mol. The Labute approximate surface area is 829 Å². The van der Waals surface area contributed by atoms with E-state index in [2.05, 4.69) is 176 Å². The quantitative estimate of drug-likeness (QED) is 0.0860. The number of carbonyl (C=O) groups is 10. The molecule has 138 heavy (non-hydrogen) atoms. The summed E-state index contributed by atoms with van der Waals surface area (Å²) < 4.78 is 49.1. The molecule has 2 aliphatic heterocycles. The Morgan fingerprint density at radius 2 is 0.601 bits per heavy atom. The molecule has 2 aromatic carbocycles. The second kappa shape index (κ2) is 40.0. The molecule has 26 rings (SSSR count). The van der Waals surface area contributed by atoms with Crippen molar-refractivity contribution in [1.29, 1.82) is 0 Å². The lowest BCUT2D eigenvalue weighted by molar-refractivity contribution is -0.181. The van der Waals surface area contributed by atoms with E-state index in [1.54, 1.807) is 0 Å². The van der Waals surface area contributed by atoms with E-state index in [0.29, 0.717) is 112 Å². The molecule has 0 aromatic heterocycles. The van der Waals surface area contributed by atoms with E-state index in [4.69, 9.17) is 37.9 Å². The molecule has 24 fully saturated rings. The molecule has 13 atom stereocenters. The van der Waals surface area contributed by atoms with Gasteiger partial charge in [0, 0.05) is 30.6 Å². The number of benzene rings is 2. The summed E-state index contributed by atoms with van der Waals surface area (Å²) >= 11 is 0. The Bertz CT molecular complexity index is 4460. The molecule has 0 N–H and O–H groups in total. The summed E-state index contributed by atoms with van der Waals surface area (Å²) in [5.41, 5.74) is 1.95. The molecule has 24 aliphatic rings. The molecule has 2 aromatic rings. The zero-order valence-electron chi connectivity index (χ0n) is 89.8. The van der Waals surface area contributed by atoms with Crippen LogP contribution in [0.3, 0.4) is 0 Å². The van der Waals surface area contributed by atoms with Gasteiger partial charge < -0.3 is 42.6 Å². The van der Waals surface area contributed by atoms with Gasteiger partial charge >= 0.3 is 53.7 Å². The lowest BCUT2D eigenvalue weighted by Gasteiger charge is -2.61. The lowest BCUT2D eigenvalue weighted by Crippen LogP contribution is -2.57. The Morgan fingerprint density at radius 1 is 0.312 bits per heavy atom. The fourth-order valence-electron chi connectivity index (χ4n) is 31.6. The third kappa shape index (κ3) is 24.8. The van der Waals surface area contributed by atoms with Crippen molar-refractivity contribution in [1.82, 2.24) is 0 Å². The van der Waals surface area contributed by atoms with Crippen LogP contribution in [0.1, 0.15) is 389 Å². The van der Waals surface area contributed by atoms with Crippen molar-refractivity contribution in [3.05, 3.63) is 71.8 Å². The van der Waals surface area contributed by atoms with Gasteiger partial charge in [-0.05, 0) is 329 Å². The second-order valence-corrected chi connectivity index (χ2v) is 57.6. The van der Waals surface area contributed by atoms with E-state index in [0.717, 1.165) is 152 Å². The third-order valence-corrected chi connectivity index (χ3v) is 34.9. The largest absolute Gasteiger partial charge is 0.465 e. The standard InChI is InChI=1S/2C22H30O2.C17H28O2.C16H24O3.C16H26O2.C14H20O4.C10H16O4.C2H6/c2*1-20(2,3)15-24-19(23)22-12-16-9-17(13-22)11-21(10-16,14-22)18-7-5-4-6-8-18;1-15(2,3)11-19-14(18)17-8-12-5-13(9-17)7-16(4,6-12)10-17;1-15(2,3)9-19-14(18)16-6-10-4-11(7-16)13(17)12(5-10)8-16;1-15(2,3)10-18-14(17)16-7-11-4-12(8-16)6-13(5-11)9-16;1-13(2,3)7-17-12(16)14-6-8-4-9(10(14)5-8)11(15)18-14;1-10(2,3)6-14-9(12)7-4-5-13-8(7)11;1-2/h2*4-8,16-17H,9-15H2,1-3H3;12-13H,5-11H2,1-4H3;10-12H,4-9H2,1-3H3;11-13H,4-10H2,1-3H3;8-10H,4-7H2,1-3H3;7H,4-6H2,1-3H3;1-2H3. The molecule has 22 aliphatic carbocycles. The van der Waals surface area contributed by atoms with Crippen molar-refractivity contribution in [3.63, 3.8) is 0 Å². The zero-order chi connectivity index (χ0) is 101. The van der Waals surface area contributed by atoms with Gasteiger partial charge in [-0.25, -0.2) is 4.79 Å². The minimum Gasteiger partial charge on any atom is -0.465 e. The van der Waals surface area contributed by atoms with Crippen LogP contribution in [-0.4, -0.2) is 118 Å². The Hall–Kier alpha value is -6.66. The molecule has 13 unspecified atom stereocenters. The van der Waals surface area contributed by atoms with Crippen LogP contribution >= 0.6 is 0 Å². The number of ether oxygens (including phenoxy) is 9. The smallest absolute Gasteiger partial charge is 0.350 e. The second-order valence-electron chi connectivity index (χ2n) is 57.6. The van der Waals surface area contributed by atoms with Gasteiger partial charge in [-0.15, -0.1) is 0 Å².